The van der Waals surface area contributed by atoms with Gasteiger partial charge in [0.1, 0.15) is 22.7 Å². The van der Waals surface area contributed by atoms with E-state index in [0.717, 1.165) is 64.9 Å². The van der Waals surface area contributed by atoms with Crippen LogP contribution in [-0.4, -0.2) is 13.2 Å². The Hall–Kier alpha value is -3.24. The van der Waals surface area contributed by atoms with Gasteiger partial charge in [0.05, 0.1) is 13.2 Å². The molecule has 4 heteroatoms. The molecular weight excluding hydrogens is 536 g/mol. The molecule has 0 amide bonds. The summed E-state index contributed by atoms with van der Waals surface area (Å²) in [6, 6.07) is 21.8. The van der Waals surface area contributed by atoms with E-state index in [0.29, 0.717) is 0 Å². The zero-order valence-corrected chi connectivity index (χ0v) is 26.1. The number of thiophene rings is 1. The topological polar surface area (TPSA) is 31.6 Å². The van der Waals surface area contributed by atoms with Crippen molar-refractivity contribution in [3.8, 4) is 11.5 Å². The second kappa shape index (κ2) is 13.8. The molecule has 0 fully saturated rings. The number of furan rings is 1. The van der Waals surface area contributed by atoms with Gasteiger partial charge in [0.25, 0.3) is 0 Å². The predicted octanol–water partition coefficient (Wildman–Crippen LogP) is 12.6. The summed E-state index contributed by atoms with van der Waals surface area (Å²) in [6.45, 7) is 6.07. The summed E-state index contributed by atoms with van der Waals surface area (Å²) < 4.78 is 21.3. The summed E-state index contributed by atoms with van der Waals surface area (Å²) in [4.78, 5) is 0. The molecule has 220 valence electrons. The molecule has 0 aliphatic carbocycles. The standard InChI is InChI=1S/C38H44O3S/c1-3-5-7-9-11-13-23-39-27-15-17-29-31-19-22-34-32(37(31)41-35(29)25-27)20-21-33-30-18-16-28(26-36(30)42-38(33)34)40-24-14-12-10-8-6-4-2/h15-22,25-26H,3-14,23-24H2,1-2H3. The molecule has 42 heavy (non-hydrogen) atoms. The number of unbranched alkanes of at least 4 members (excludes halogenated alkanes) is 10. The lowest BCUT2D eigenvalue weighted by Gasteiger charge is -2.06. The van der Waals surface area contributed by atoms with Gasteiger partial charge in [-0.25, -0.2) is 0 Å². The highest BCUT2D eigenvalue weighted by Gasteiger charge is 2.15. The van der Waals surface area contributed by atoms with E-state index in [1.807, 2.05) is 11.3 Å². The van der Waals surface area contributed by atoms with Crippen molar-refractivity contribution in [2.45, 2.75) is 90.9 Å². The number of ether oxygens (including phenoxy) is 2. The molecule has 0 aliphatic rings. The van der Waals surface area contributed by atoms with Crippen molar-refractivity contribution in [2.24, 2.45) is 0 Å². The van der Waals surface area contributed by atoms with Gasteiger partial charge in [-0.2, -0.15) is 0 Å². The van der Waals surface area contributed by atoms with Gasteiger partial charge in [0.15, 0.2) is 0 Å². The van der Waals surface area contributed by atoms with Gasteiger partial charge in [0.2, 0.25) is 0 Å². The summed E-state index contributed by atoms with van der Waals surface area (Å²) in [7, 11) is 0. The number of benzene rings is 4. The molecule has 0 bridgehead atoms. The van der Waals surface area contributed by atoms with Gasteiger partial charge >= 0.3 is 0 Å². The third-order valence-corrected chi connectivity index (χ3v) is 9.75. The SMILES string of the molecule is CCCCCCCCOc1ccc2c(c1)oc1c2ccc2c1ccc1c3ccc(OCCCCCCCC)cc3sc12. The van der Waals surface area contributed by atoms with Crippen molar-refractivity contribution in [1.29, 1.82) is 0 Å². The van der Waals surface area contributed by atoms with Gasteiger partial charge in [-0.1, -0.05) is 90.2 Å². The Bertz CT molecular complexity index is 1640. The van der Waals surface area contributed by atoms with Crippen LogP contribution < -0.4 is 9.47 Å². The summed E-state index contributed by atoms with van der Waals surface area (Å²) in [5, 5.41) is 7.30. The minimum atomic E-state index is 0.760. The molecule has 2 aromatic heterocycles. The third-order valence-electron chi connectivity index (χ3n) is 8.55. The first-order valence-corrected chi connectivity index (χ1v) is 17.1. The number of rotatable bonds is 16. The van der Waals surface area contributed by atoms with E-state index in [9.17, 15) is 0 Å². The van der Waals surface area contributed by atoms with Gasteiger partial charge in [0, 0.05) is 47.8 Å². The third kappa shape index (κ3) is 6.24. The summed E-state index contributed by atoms with van der Waals surface area (Å²) in [6.07, 6.45) is 15.2. The molecule has 0 atom stereocenters. The van der Waals surface area contributed by atoms with E-state index in [1.54, 1.807) is 0 Å². The molecule has 0 saturated heterocycles. The van der Waals surface area contributed by atoms with Crippen LogP contribution in [0.2, 0.25) is 0 Å². The van der Waals surface area contributed by atoms with E-state index in [2.05, 4.69) is 74.5 Å². The second-order valence-corrected chi connectivity index (χ2v) is 12.8. The van der Waals surface area contributed by atoms with Crippen LogP contribution in [0.3, 0.4) is 0 Å². The van der Waals surface area contributed by atoms with Crippen molar-refractivity contribution in [3.63, 3.8) is 0 Å². The molecule has 0 radical (unpaired) electrons. The van der Waals surface area contributed by atoms with E-state index < -0.39 is 0 Å². The number of hydrogen-bond acceptors (Lipinski definition) is 4. The van der Waals surface area contributed by atoms with Crippen LogP contribution in [0.1, 0.15) is 90.9 Å². The number of fused-ring (bicyclic) bond motifs is 9. The Morgan fingerprint density at radius 1 is 0.524 bits per heavy atom. The molecule has 0 unspecified atom stereocenters. The minimum Gasteiger partial charge on any atom is -0.494 e. The van der Waals surface area contributed by atoms with Crippen molar-refractivity contribution in [1.82, 2.24) is 0 Å². The first-order chi connectivity index (χ1) is 20.8. The highest BCUT2D eigenvalue weighted by molar-refractivity contribution is 7.26. The molecule has 6 rings (SSSR count). The smallest absolute Gasteiger partial charge is 0.143 e. The molecule has 6 aromatic rings. The Labute approximate surface area is 253 Å². The highest BCUT2D eigenvalue weighted by Crippen LogP contribution is 2.43. The van der Waals surface area contributed by atoms with Gasteiger partial charge < -0.3 is 13.9 Å². The summed E-state index contributed by atoms with van der Waals surface area (Å²) in [5.74, 6) is 1.86. The van der Waals surface area contributed by atoms with Crippen LogP contribution in [0.25, 0.3) is 52.9 Å². The molecular formula is C38H44O3S. The highest BCUT2D eigenvalue weighted by atomic mass is 32.1. The molecule has 0 aliphatic heterocycles. The van der Waals surface area contributed by atoms with Crippen molar-refractivity contribution in [2.75, 3.05) is 13.2 Å². The molecule has 4 aromatic carbocycles. The molecule has 2 heterocycles. The average molecular weight is 581 g/mol. The second-order valence-electron chi connectivity index (χ2n) is 11.7. The summed E-state index contributed by atoms with van der Waals surface area (Å²) in [5.41, 5.74) is 1.85. The fourth-order valence-corrected chi connectivity index (χ4v) is 7.42. The van der Waals surface area contributed by atoms with Crippen LogP contribution in [0.4, 0.5) is 0 Å². The van der Waals surface area contributed by atoms with Crippen molar-refractivity contribution in [3.05, 3.63) is 60.7 Å². The fourth-order valence-electron chi connectivity index (χ4n) is 6.16. The largest absolute Gasteiger partial charge is 0.494 e. The lowest BCUT2D eigenvalue weighted by molar-refractivity contribution is 0.304. The lowest BCUT2D eigenvalue weighted by Crippen LogP contribution is -1.97. The van der Waals surface area contributed by atoms with E-state index in [1.165, 1.54) is 89.8 Å². The molecule has 3 nitrogen and oxygen atoms in total. The van der Waals surface area contributed by atoms with E-state index >= 15 is 0 Å². The van der Waals surface area contributed by atoms with Crippen LogP contribution in [-0.2, 0) is 0 Å². The van der Waals surface area contributed by atoms with Crippen molar-refractivity contribution >= 4 is 64.2 Å². The molecule has 0 spiro atoms. The first kappa shape index (κ1) is 28.9. The summed E-state index contributed by atoms with van der Waals surface area (Å²) >= 11 is 1.85. The fraction of sp³-hybridized carbons (Fsp3) is 0.421. The quantitative estimate of drug-likeness (QED) is 0.107. The normalized spacial score (nSPS) is 12.0. The Kier molecular flexibility index (Phi) is 9.50. The van der Waals surface area contributed by atoms with Crippen LogP contribution >= 0.6 is 11.3 Å². The lowest BCUT2D eigenvalue weighted by atomic mass is 10.0. The average Bonchev–Trinajstić information content (AvgIpc) is 3.58. The zero-order chi connectivity index (χ0) is 28.7. The van der Waals surface area contributed by atoms with Crippen LogP contribution in [0, 0.1) is 0 Å². The van der Waals surface area contributed by atoms with Crippen molar-refractivity contribution < 1.29 is 13.9 Å². The van der Waals surface area contributed by atoms with Gasteiger partial charge in [-0.05, 0) is 55.3 Å². The molecule has 0 N–H and O–H groups in total. The Balaban J connectivity index is 1.20. The maximum Gasteiger partial charge on any atom is 0.143 e. The van der Waals surface area contributed by atoms with E-state index in [-0.39, 0.29) is 0 Å². The minimum absolute atomic E-state index is 0.760. The Morgan fingerprint density at radius 3 is 1.69 bits per heavy atom. The predicted molar refractivity (Wildman–Crippen MR) is 182 cm³/mol. The monoisotopic (exact) mass is 580 g/mol. The first-order valence-electron chi connectivity index (χ1n) is 16.3. The van der Waals surface area contributed by atoms with E-state index in [4.69, 9.17) is 13.9 Å². The zero-order valence-electron chi connectivity index (χ0n) is 25.3. The van der Waals surface area contributed by atoms with Crippen LogP contribution in [0.15, 0.2) is 65.1 Å². The van der Waals surface area contributed by atoms with Gasteiger partial charge in [-0.3, -0.25) is 0 Å². The van der Waals surface area contributed by atoms with Gasteiger partial charge in [-0.15, -0.1) is 11.3 Å². The van der Waals surface area contributed by atoms with Crippen LogP contribution in [0.5, 0.6) is 11.5 Å². The maximum absolute atomic E-state index is 6.51. The molecule has 0 saturated carbocycles. The maximum atomic E-state index is 6.51. The Morgan fingerprint density at radius 2 is 1.02 bits per heavy atom. The number of hydrogen-bond donors (Lipinski definition) is 0.